The molecule has 3 aromatic heterocycles. The number of fused-ring (bicyclic) bond motifs is 11. The van der Waals surface area contributed by atoms with Gasteiger partial charge in [-0.1, -0.05) is 164 Å². The standard InChI is InChI=1S/C57H34N4O/c1-3-17-37(18-4-1)55-58-56(60-57(59-55)46-27-14-28-49-52(46)45-31-29-36-16-8-10-23-41(36)54(45)61(49)39-20-5-2-6-21-39)38-30-32-50-48(33-38)53-44-25-12-11-24-43(44)47(34-51(53)62-50)42-26-13-19-35-15-7-9-22-40(35)42/h1-34H. The lowest BCUT2D eigenvalue weighted by Crippen LogP contribution is -2.00. The van der Waals surface area contributed by atoms with Gasteiger partial charge >= 0.3 is 0 Å². The molecule has 0 saturated heterocycles. The van der Waals surface area contributed by atoms with Crippen molar-refractivity contribution in [1.82, 2.24) is 19.5 Å². The molecule has 0 atom stereocenters. The first-order valence-corrected chi connectivity index (χ1v) is 20.9. The van der Waals surface area contributed by atoms with Crippen molar-refractivity contribution in [1.29, 1.82) is 0 Å². The lowest BCUT2D eigenvalue weighted by molar-refractivity contribution is 0.669. The van der Waals surface area contributed by atoms with E-state index in [0.717, 1.165) is 77.1 Å². The molecule has 13 rings (SSSR count). The van der Waals surface area contributed by atoms with Crippen molar-refractivity contribution in [3.05, 3.63) is 206 Å². The highest BCUT2D eigenvalue weighted by Crippen LogP contribution is 2.44. The van der Waals surface area contributed by atoms with Crippen LogP contribution in [0.3, 0.4) is 0 Å². The molecule has 288 valence electrons. The maximum Gasteiger partial charge on any atom is 0.164 e. The Labute approximate surface area is 355 Å². The van der Waals surface area contributed by atoms with Crippen molar-refractivity contribution in [2.24, 2.45) is 0 Å². The summed E-state index contributed by atoms with van der Waals surface area (Å²) in [6.07, 6.45) is 0. The summed E-state index contributed by atoms with van der Waals surface area (Å²) < 4.78 is 9.09. The number of benzene rings is 10. The molecule has 62 heavy (non-hydrogen) atoms. The van der Waals surface area contributed by atoms with Crippen LogP contribution in [0.15, 0.2) is 211 Å². The zero-order valence-corrected chi connectivity index (χ0v) is 33.3. The Bertz CT molecular complexity index is 3920. The highest BCUT2D eigenvalue weighted by Gasteiger charge is 2.22. The molecule has 5 heteroatoms. The molecule has 0 unspecified atom stereocenters. The van der Waals surface area contributed by atoms with E-state index in [-0.39, 0.29) is 0 Å². The predicted octanol–water partition coefficient (Wildman–Crippen LogP) is 15.0. The fourth-order valence-electron chi connectivity index (χ4n) is 9.66. The van der Waals surface area contributed by atoms with Crippen molar-refractivity contribution >= 4 is 76.1 Å². The van der Waals surface area contributed by atoms with Crippen LogP contribution in [0, 0.1) is 0 Å². The van der Waals surface area contributed by atoms with Gasteiger partial charge in [-0.2, -0.15) is 0 Å². The molecule has 0 radical (unpaired) electrons. The van der Waals surface area contributed by atoms with Crippen LogP contribution >= 0.6 is 0 Å². The molecular weight excluding hydrogens is 757 g/mol. The Hall–Kier alpha value is -8.41. The van der Waals surface area contributed by atoms with E-state index in [1.807, 2.05) is 18.2 Å². The Morgan fingerprint density at radius 2 is 0.968 bits per heavy atom. The van der Waals surface area contributed by atoms with Crippen LogP contribution in [0.4, 0.5) is 0 Å². The fraction of sp³-hybridized carbons (Fsp3) is 0. The van der Waals surface area contributed by atoms with Gasteiger partial charge in [-0.05, 0) is 80.5 Å². The zero-order chi connectivity index (χ0) is 40.7. The summed E-state index contributed by atoms with van der Waals surface area (Å²) in [6.45, 7) is 0. The third-order valence-electron chi connectivity index (χ3n) is 12.4. The number of para-hydroxylation sites is 1. The summed E-state index contributed by atoms with van der Waals surface area (Å²) >= 11 is 0. The largest absolute Gasteiger partial charge is 0.456 e. The van der Waals surface area contributed by atoms with Crippen LogP contribution in [0.2, 0.25) is 0 Å². The van der Waals surface area contributed by atoms with Crippen LogP contribution in [-0.2, 0) is 0 Å². The maximum absolute atomic E-state index is 6.71. The number of furan rings is 1. The normalized spacial score (nSPS) is 11.9. The highest BCUT2D eigenvalue weighted by atomic mass is 16.3. The number of hydrogen-bond donors (Lipinski definition) is 0. The average molecular weight is 791 g/mol. The third-order valence-corrected chi connectivity index (χ3v) is 12.4. The molecule has 0 amide bonds. The van der Waals surface area contributed by atoms with Crippen molar-refractivity contribution in [3.8, 4) is 51.0 Å². The molecule has 0 spiro atoms. The van der Waals surface area contributed by atoms with Crippen molar-refractivity contribution in [3.63, 3.8) is 0 Å². The lowest BCUT2D eigenvalue weighted by Gasteiger charge is -2.11. The number of hydrogen-bond acceptors (Lipinski definition) is 4. The molecule has 0 saturated carbocycles. The van der Waals surface area contributed by atoms with E-state index in [1.165, 1.54) is 32.5 Å². The molecule has 10 aromatic carbocycles. The van der Waals surface area contributed by atoms with E-state index in [2.05, 4.69) is 193 Å². The molecule has 0 aliphatic rings. The van der Waals surface area contributed by atoms with Crippen LogP contribution in [0.5, 0.6) is 0 Å². The van der Waals surface area contributed by atoms with Crippen LogP contribution in [0.25, 0.3) is 127 Å². The van der Waals surface area contributed by atoms with E-state index in [9.17, 15) is 0 Å². The van der Waals surface area contributed by atoms with Crippen LogP contribution in [0.1, 0.15) is 0 Å². The fourth-order valence-corrected chi connectivity index (χ4v) is 9.66. The van der Waals surface area contributed by atoms with Crippen LogP contribution in [-0.4, -0.2) is 19.5 Å². The predicted molar refractivity (Wildman–Crippen MR) is 256 cm³/mol. The highest BCUT2D eigenvalue weighted by molar-refractivity contribution is 6.24. The first-order valence-electron chi connectivity index (χ1n) is 20.9. The monoisotopic (exact) mass is 790 g/mol. The molecule has 0 N–H and O–H groups in total. The smallest absolute Gasteiger partial charge is 0.164 e. The minimum Gasteiger partial charge on any atom is -0.456 e. The van der Waals surface area contributed by atoms with Gasteiger partial charge in [-0.25, -0.2) is 15.0 Å². The van der Waals surface area contributed by atoms with E-state index in [4.69, 9.17) is 19.4 Å². The van der Waals surface area contributed by atoms with Gasteiger partial charge < -0.3 is 8.98 Å². The second-order valence-electron chi connectivity index (χ2n) is 15.9. The molecule has 0 aliphatic carbocycles. The van der Waals surface area contributed by atoms with Gasteiger partial charge in [0, 0.05) is 49.3 Å². The van der Waals surface area contributed by atoms with Gasteiger partial charge in [-0.15, -0.1) is 0 Å². The Balaban J connectivity index is 1.05. The van der Waals surface area contributed by atoms with Gasteiger partial charge in [0.2, 0.25) is 0 Å². The number of rotatable bonds is 5. The lowest BCUT2D eigenvalue weighted by atomic mass is 9.92. The number of aromatic nitrogens is 4. The molecule has 3 heterocycles. The average Bonchev–Trinajstić information content (AvgIpc) is 3.90. The topological polar surface area (TPSA) is 56.7 Å². The van der Waals surface area contributed by atoms with E-state index < -0.39 is 0 Å². The van der Waals surface area contributed by atoms with Gasteiger partial charge in [0.05, 0.1) is 11.0 Å². The minimum absolute atomic E-state index is 0.594. The van der Waals surface area contributed by atoms with Gasteiger partial charge in [0.1, 0.15) is 11.2 Å². The van der Waals surface area contributed by atoms with Crippen LogP contribution < -0.4 is 0 Å². The molecule has 0 bridgehead atoms. The van der Waals surface area contributed by atoms with E-state index in [1.54, 1.807) is 0 Å². The molecule has 13 aromatic rings. The zero-order valence-electron chi connectivity index (χ0n) is 33.3. The first kappa shape index (κ1) is 34.5. The van der Waals surface area contributed by atoms with E-state index >= 15 is 0 Å². The molecule has 5 nitrogen and oxygen atoms in total. The summed E-state index contributed by atoms with van der Waals surface area (Å²) in [4.78, 5) is 15.8. The minimum atomic E-state index is 0.594. The van der Waals surface area contributed by atoms with Gasteiger partial charge in [-0.3, -0.25) is 0 Å². The molecular formula is C57H34N4O. The van der Waals surface area contributed by atoms with Gasteiger partial charge in [0.25, 0.3) is 0 Å². The summed E-state index contributed by atoms with van der Waals surface area (Å²) in [5.74, 6) is 1.82. The molecule has 0 fully saturated rings. The summed E-state index contributed by atoms with van der Waals surface area (Å²) in [7, 11) is 0. The summed E-state index contributed by atoms with van der Waals surface area (Å²) in [5.41, 5.74) is 10.1. The summed E-state index contributed by atoms with van der Waals surface area (Å²) in [6, 6.07) is 72.6. The first-order chi connectivity index (χ1) is 30.7. The third kappa shape index (κ3) is 5.25. The van der Waals surface area contributed by atoms with Crippen molar-refractivity contribution in [2.45, 2.75) is 0 Å². The maximum atomic E-state index is 6.71. The second kappa shape index (κ2) is 13.6. The van der Waals surface area contributed by atoms with Crippen molar-refractivity contribution in [2.75, 3.05) is 0 Å². The molecule has 0 aliphatic heterocycles. The van der Waals surface area contributed by atoms with E-state index in [0.29, 0.717) is 17.5 Å². The Kier molecular flexibility index (Phi) is 7.54. The number of nitrogens with zero attached hydrogens (tertiary/aromatic N) is 4. The second-order valence-corrected chi connectivity index (χ2v) is 15.9. The Morgan fingerprint density at radius 1 is 0.339 bits per heavy atom. The quantitative estimate of drug-likeness (QED) is 0.174. The van der Waals surface area contributed by atoms with Gasteiger partial charge in [0.15, 0.2) is 17.5 Å². The SMILES string of the molecule is c1ccc(-c2nc(-c3ccc4oc5cc(-c6cccc7ccccc67)c6ccccc6c5c4c3)nc(-c3cccc4c3c3ccc5ccccc5c3n4-c3ccccc3)n2)cc1. The van der Waals surface area contributed by atoms with Crippen molar-refractivity contribution < 1.29 is 4.42 Å². The summed E-state index contributed by atoms with van der Waals surface area (Å²) in [5, 5.41) is 11.4. The Morgan fingerprint density at radius 3 is 1.79 bits per heavy atom.